The molecule has 0 spiro atoms. The van der Waals surface area contributed by atoms with Crippen LogP contribution in [0.2, 0.25) is 10.0 Å². The monoisotopic (exact) mass is 393 g/mol. The molecule has 1 atom stereocenters. The molecule has 2 nitrogen and oxygen atoms in total. The highest BCUT2D eigenvalue weighted by Crippen LogP contribution is 2.38. The summed E-state index contributed by atoms with van der Waals surface area (Å²) in [6.45, 7) is 1.57. The van der Waals surface area contributed by atoms with Crippen molar-refractivity contribution in [2.45, 2.75) is 23.2 Å². The summed E-state index contributed by atoms with van der Waals surface area (Å²) in [4.78, 5) is 12.7. The van der Waals surface area contributed by atoms with Crippen molar-refractivity contribution in [3.05, 3.63) is 58.1 Å². The fourth-order valence-electron chi connectivity index (χ4n) is 1.90. The number of carbonyl (C=O) groups is 1. The van der Waals surface area contributed by atoms with E-state index in [9.17, 15) is 18.0 Å². The number of benzene rings is 2. The van der Waals surface area contributed by atoms with Crippen LogP contribution in [0.1, 0.15) is 12.5 Å². The number of carbonyl (C=O) groups excluding carboxylic acids is 1. The van der Waals surface area contributed by atoms with Crippen LogP contribution in [0.5, 0.6) is 0 Å². The summed E-state index contributed by atoms with van der Waals surface area (Å²) < 4.78 is 38.9. The van der Waals surface area contributed by atoms with Crippen molar-refractivity contribution < 1.29 is 18.0 Å². The number of amides is 1. The van der Waals surface area contributed by atoms with Crippen molar-refractivity contribution in [2.75, 3.05) is 5.32 Å². The van der Waals surface area contributed by atoms with Crippen molar-refractivity contribution in [1.82, 2.24) is 0 Å². The molecule has 0 aromatic heterocycles. The molecule has 8 heteroatoms. The summed E-state index contributed by atoms with van der Waals surface area (Å²) in [5.41, 5.74) is -1.18. The fourth-order valence-corrected chi connectivity index (χ4v) is 3.44. The van der Waals surface area contributed by atoms with E-state index in [1.54, 1.807) is 25.1 Å². The summed E-state index contributed by atoms with van der Waals surface area (Å²) in [5, 5.41) is 2.37. The lowest BCUT2D eigenvalue weighted by Gasteiger charge is -2.17. The highest BCUT2D eigenvalue weighted by molar-refractivity contribution is 8.00. The van der Waals surface area contributed by atoms with Gasteiger partial charge in [-0.15, -0.1) is 11.8 Å². The molecule has 0 bridgehead atoms. The number of halogens is 5. The van der Waals surface area contributed by atoms with E-state index in [0.29, 0.717) is 14.9 Å². The third-order valence-electron chi connectivity index (χ3n) is 3.07. The molecule has 0 saturated carbocycles. The van der Waals surface area contributed by atoms with E-state index in [1.165, 1.54) is 18.2 Å². The van der Waals surface area contributed by atoms with Crippen molar-refractivity contribution >= 4 is 46.6 Å². The Balaban J connectivity index is 2.16. The van der Waals surface area contributed by atoms with Gasteiger partial charge in [-0.05, 0) is 31.2 Å². The maximum atomic E-state index is 13.0. The molecule has 24 heavy (non-hydrogen) atoms. The van der Waals surface area contributed by atoms with Crippen LogP contribution in [0, 0.1) is 0 Å². The van der Waals surface area contributed by atoms with Gasteiger partial charge in [-0.1, -0.05) is 41.4 Å². The molecule has 0 saturated heterocycles. The molecular weight excluding hydrogens is 382 g/mol. The average Bonchev–Trinajstić information content (AvgIpc) is 2.50. The molecule has 0 aliphatic carbocycles. The van der Waals surface area contributed by atoms with Crippen LogP contribution in [0.25, 0.3) is 0 Å². The molecule has 128 valence electrons. The lowest BCUT2D eigenvalue weighted by molar-refractivity contribution is -0.137. The zero-order valence-electron chi connectivity index (χ0n) is 12.3. The van der Waals surface area contributed by atoms with Gasteiger partial charge in [0, 0.05) is 4.90 Å². The Morgan fingerprint density at radius 1 is 1.08 bits per heavy atom. The lowest BCUT2D eigenvalue weighted by atomic mass is 10.1. The van der Waals surface area contributed by atoms with Gasteiger partial charge in [-0.25, -0.2) is 0 Å². The van der Waals surface area contributed by atoms with E-state index in [1.807, 2.05) is 0 Å². The van der Waals surface area contributed by atoms with Crippen LogP contribution in [0.15, 0.2) is 47.4 Å². The number of thioether (sulfide) groups is 1. The second-order valence-corrected chi connectivity index (χ2v) is 7.01. The van der Waals surface area contributed by atoms with Crippen molar-refractivity contribution in [3.8, 4) is 0 Å². The number of rotatable bonds is 4. The van der Waals surface area contributed by atoms with E-state index in [2.05, 4.69) is 5.32 Å². The third-order valence-corrected chi connectivity index (χ3v) is 5.17. The molecule has 2 aromatic rings. The SMILES string of the molecule is CC(Sc1c(Cl)cccc1Cl)C(=O)Nc1ccccc1C(F)(F)F. The zero-order chi connectivity index (χ0) is 17.9. The number of hydrogen-bond acceptors (Lipinski definition) is 2. The van der Waals surface area contributed by atoms with Gasteiger partial charge >= 0.3 is 6.18 Å². The van der Waals surface area contributed by atoms with Gasteiger partial charge in [0.05, 0.1) is 26.5 Å². The lowest BCUT2D eigenvalue weighted by Crippen LogP contribution is -2.24. The largest absolute Gasteiger partial charge is 0.418 e. The minimum Gasteiger partial charge on any atom is -0.325 e. The minimum absolute atomic E-state index is 0.285. The maximum absolute atomic E-state index is 13.0. The molecule has 0 radical (unpaired) electrons. The van der Waals surface area contributed by atoms with Crippen LogP contribution >= 0.6 is 35.0 Å². The van der Waals surface area contributed by atoms with Crippen molar-refractivity contribution in [2.24, 2.45) is 0 Å². The second kappa shape index (κ2) is 7.68. The van der Waals surface area contributed by atoms with Gasteiger partial charge in [0.2, 0.25) is 5.91 Å². The summed E-state index contributed by atoms with van der Waals surface area (Å²) in [6, 6.07) is 9.73. The Kier molecular flexibility index (Phi) is 6.06. The van der Waals surface area contributed by atoms with E-state index >= 15 is 0 Å². The van der Waals surface area contributed by atoms with Gasteiger partial charge in [0.15, 0.2) is 0 Å². The third kappa shape index (κ3) is 4.59. The topological polar surface area (TPSA) is 29.1 Å². The van der Waals surface area contributed by atoms with E-state index in [0.717, 1.165) is 17.8 Å². The van der Waals surface area contributed by atoms with Gasteiger partial charge < -0.3 is 5.32 Å². The highest BCUT2D eigenvalue weighted by atomic mass is 35.5. The standard InChI is InChI=1S/C16H12Cl2F3NOS/c1-9(24-14-11(17)6-4-7-12(14)18)15(23)22-13-8-3-2-5-10(13)16(19,20)21/h2-9H,1H3,(H,22,23). The van der Waals surface area contributed by atoms with E-state index in [4.69, 9.17) is 23.2 Å². The molecule has 2 aromatic carbocycles. The van der Waals surface area contributed by atoms with Crippen LogP contribution in [0.4, 0.5) is 18.9 Å². The summed E-state index contributed by atoms with van der Waals surface area (Å²) in [7, 11) is 0. The van der Waals surface area contributed by atoms with Crippen molar-refractivity contribution in [1.29, 1.82) is 0 Å². The minimum atomic E-state index is -4.55. The first kappa shape index (κ1) is 19.0. The highest BCUT2D eigenvalue weighted by Gasteiger charge is 2.34. The quantitative estimate of drug-likeness (QED) is 0.632. The molecule has 1 N–H and O–H groups in total. The fraction of sp³-hybridized carbons (Fsp3) is 0.188. The maximum Gasteiger partial charge on any atom is 0.418 e. The first-order valence-electron chi connectivity index (χ1n) is 6.78. The molecule has 0 aliphatic heterocycles. The molecule has 1 amide bonds. The Morgan fingerprint density at radius 3 is 2.25 bits per heavy atom. The molecule has 0 aliphatic rings. The number of anilines is 1. The Bertz CT molecular complexity index is 732. The molecular formula is C16H12Cl2F3NOS. The smallest absolute Gasteiger partial charge is 0.325 e. The summed E-state index contributed by atoms with van der Waals surface area (Å²) in [5.74, 6) is -0.576. The molecule has 0 heterocycles. The number of nitrogens with one attached hydrogen (secondary N) is 1. The zero-order valence-corrected chi connectivity index (χ0v) is 14.7. The predicted molar refractivity (Wildman–Crippen MR) is 91.9 cm³/mol. The number of alkyl halides is 3. The first-order chi connectivity index (χ1) is 11.2. The molecule has 1 unspecified atom stereocenters. The average molecular weight is 394 g/mol. The van der Waals surface area contributed by atoms with Crippen LogP contribution in [0.3, 0.4) is 0 Å². The van der Waals surface area contributed by atoms with E-state index < -0.39 is 22.9 Å². The Hall–Kier alpha value is -1.37. The Morgan fingerprint density at radius 2 is 1.67 bits per heavy atom. The summed E-state index contributed by atoms with van der Waals surface area (Å²) >= 11 is 13.2. The van der Waals surface area contributed by atoms with Crippen LogP contribution in [-0.2, 0) is 11.0 Å². The van der Waals surface area contributed by atoms with E-state index in [-0.39, 0.29) is 5.69 Å². The van der Waals surface area contributed by atoms with Gasteiger partial charge in [0.1, 0.15) is 0 Å². The van der Waals surface area contributed by atoms with Gasteiger partial charge in [-0.2, -0.15) is 13.2 Å². The van der Waals surface area contributed by atoms with Crippen LogP contribution < -0.4 is 5.32 Å². The summed E-state index contributed by atoms with van der Waals surface area (Å²) in [6.07, 6.45) is -4.55. The Labute approximate surface area is 151 Å². The van der Waals surface area contributed by atoms with Gasteiger partial charge in [0.25, 0.3) is 0 Å². The predicted octanol–water partition coefficient (Wildman–Crippen LogP) is 6.13. The second-order valence-electron chi connectivity index (χ2n) is 4.84. The first-order valence-corrected chi connectivity index (χ1v) is 8.41. The number of hydrogen-bond donors (Lipinski definition) is 1. The van der Waals surface area contributed by atoms with Crippen LogP contribution in [-0.4, -0.2) is 11.2 Å². The molecule has 2 rings (SSSR count). The molecule has 0 fully saturated rings. The van der Waals surface area contributed by atoms with Crippen molar-refractivity contribution in [3.63, 3.8) is 0 Å². The van der Waals surface area contributed by atoms with Gasteiger partial charge in [-0.3, -0.25) is 4.79 Å². The number of para-hydroxylation sites is 1. The normalized spacial score (nSPS) is 12.8.